The zero-order valence-corrected chi connectivity index (χ0v) is 26.2. The first-order valence-electron chi connectivity index (χ1n) is 14.7. The first kappa shape index (κ1) is 35.1. The fourth-order valence-corrected chi connectivity index (χ4v) is 4.12. The summed E-state index contributed by atoms with van der Waals surface area (Å²) < 4.78 is 37.6. The maximum atomic E-state index is 13.3. The molecule has 15 nitrogen and oxygen atoms in total. The lowest BCUT2D eigenvalue weighted by Crippen LogP contribution is -2.47. The molecule has 3 rings (SSSR count). The predicted molar refractivity (Wildman–Crippen MR) is 151 cm³/mol. The minimum Gasteiger partial charge on any atom is -0.493 e. The number of cyclic esters (lactones) is 2. The molecule has 248 valence electrons. The number of ether oxygens (including phenoxy) is 7. The van der Waals surface area contributed by atoms with Gasteiger partial charge in [0.2, 0.25) is 6.79 Å². The monoisotopic (exact) mass is 636 g/mol. The molecule has 0 bridgehead atoms. The van der Waals surface area contributed by atoms with Crippen molar-refractivity contribution in [3.05, 3.63) is 18.0 Å². The summed E-state index contributed by atoms with van der Waals surface area (Å²) in [4.78, 5) is 80.2. The average Bonchev–Trinajstić information content (AvgIpc) is 3.85. The normalized spacial score (nSPS) is 21.8. The highest BCUT2D eigenvalue weighted by Gasteiger charge is 2.42. The summed E-state index contributed by atoms with van der Waals surface area (Å²) in [6, 6.07) is -0.0919. The highest BCUT2D eigenvalue weighted by molar-refractivity contribution is 5.98. The number of carbonyl (C=O) groups excluding carboxylic acids is 6. The van der Waals surface area contributed by atoms with Crippen LogP contribution >= 0.6 is 0 Å². The first-order chi connectivity index (χ1) is 21.3. The van der Waals surface area contributed by atoms with Crippen LogP contribution in [0.1, 0.15) is 64.4 Å². The smallest absolute Gasteiger partial charge is 0.332 e. The van der Waals surface area contributed by atoms with Gasteiger partial charge in [-0.15, -0.1) is 0 Å². The van der Waals surface area contributed by atoms with Gasteiger partial charge in [0.15, 0.2) is 29.3 Å². The van der Waals surface area contributed by atoms with Crippen LogP contribution in [-0.4, -0.2) is 86.1 Å². The second-order valence-corrected chi connectivity index (χ2v) is 11.3. The van der Waals surface area contributed by atoms with E-state index in [9.17, 15) is 28.8 Å². The number of amides is 1. The van der Waals surface area contributed by atoms with Crippen molar-refractivity contribution in [2.45, 2.75) is 72.1 Å². The summed E-state index contributed by atoms with van der Waals surface area (Å²) in [5.41, 5.74) is -0.318. The molecule has 0 aromatic carbocycles. The molecule has 1 aromatic heterocycles. The molecule has 0 spiro atoms. The molecule has 1 aromatic rings. The number of carbonyl (C=O) groups is 6. The Morgan fingerprint density at radius 2 is 1.71 bits per heavy atom. The highest BCUT2D eigenvalue weighted by Crippen LogP contribution is 2.31. The average molecular weight is 637 g/mol. The number of hydrogen-bond donors (Lipinski definition) is 1. The molecule has 4 atom stereocenters. The molecule has 2 heterocycles. The number of aromatic nitrogens is 1. The third kappa shape index (κ3) is 9.78. The zero-order valence-electron chi connectivity index (χ0n) is 26.2. The van der Waals surface area contributed by atoms with Crippen LogP contribution in [0.2, 0.25) is 0 Å². The molecule has 1 amide bonds. The number of nitrogens with zero attached hydrogens (tertiary/aromatic N) is 1. The molecule has 1 aliphatic carbocycles. The molecular weight excluding hydrogens is 596 g/mol. The van der Waals surface area contributed by atoms with Crippen molar-refractivity contribution in [1.82, 2.24) is 10.3 Å². The van der Waals surface area contributed by atoms with Crippen LogP contribution in [0.4, 0.5) is 0 Å². The van der Waals surface area contributed by atoms with Crippen molar-refractivity contribution >= 4 is 35.8 Å². The number of methoxy groups -OCH3 is 1. The fourth-order valence-electron chi connectivity index (χ4n) is 4.12. The lowest BCUT2D eigenvalue weighted by molar-refractivity contribution is -0.177. The van der Waals surface area contributed by atoms with Crippen molar-refractivity contribution in [2.24, 2.45) is 23.7 Å². The summed E-state index contributed by atoms with van der Waals surface area (Å²) in [6.07, 6.45) is 0.256. The fraction of sp³-hybridized carbons (Fsp3) is 0.633. The first-order valence-corrected chi connectivity index (χ1v) is 14.7. The van der Waals surface area contributed by atoms with Gasteiger partial charge in [0.05, 0.1) is 31.5 Å². The van der Waals surface area contributed by atoms with Gasteiger partial charge in [0.1, 0.15) is 18.6 Å². The number of rotatable bonds is 13. The molecule has 1 aliphatic heterocycles. The Hall–Kier alpha value is -4.43. The van der Waals surface area contributed by atoms with Gasteiger partial charge in [0.25, 0.3) is 5.91 Å². The maximum Gasteiger partial charge on any atom is 0.332 e. The summed E-state index contributed by atoms with van der Waals surface area (Å²) in [5, 5.41) is 2.42. The topological polar surface area (TPSA) is 192 Å². The maximum absolute atomic E-state index is 13.3. The van der Waals surface area contributed by atoms with Gasteiger partial charge in [-0.2, -0.15) is 0 Å². The van der Waals surface area contributed by atoms with Crippen molar-refractivity contribution in [3.63, 3.8) is 0 Å². The lowest BCUT2D eigenvalue weighted by Gasteiger charge is -2.29. The molecule has 1 saturated heterocycles. The molecule has 1 N–H and O–H groups in total. The summed E-state index contributed by atoms with van der Waals surface area (Å²) in [7, 11) is 1.33. The van der Waals surface area contributed by atoms with Crippen LogP contribution in [0.5, 0.6) is 11.5 Å². The molecule has 0 unspecified atom stereocenters. The van der Waals surface area contributed by atoms with Crippen LogP contribution < -0.4 is 14.8 Å². The third-order valence-corrected chi connectivity index (χ3v) is 6.93. The van der Waals surface area contributed by atoms with E-state index >= 15 is 0 Å². The molecular formula is C30H40N2O13. The van der Waals surface area contributed by atoms with E-state index in [1.807, 2.05) is 0 Å². The Morgan fingerprint density at radius 1 is 1.02 bits per heavy atom. The van der Waals surface area contributed by atoms with Gasteiger partial charge in [-0.05, 0) is 26.2 Å². The Kier molecular flexibility index (Phi) is 12.5. The van der Waals surface area contributed by atoms with Crippen molar-refractivity contribution in [1.29, 1.82) is 0 Å². The Morgan fingerprint density at radius 3 is 2.33 bits per heavy atom. The van der Waals surface area contributed by atoms with Crippen LogP contribution in [0.3, 0.4) is 0 Å². The second kappa shape index (κ2) is 16.0. The van der Waals surface area contributed by atoms with E-state index in [1.54, 1.807) is 27.7 Å². The van der Waals surface area contributed by atoms with E-state index < -0.39 is 79.2 Å². The lowest BCUT2D eigenvalue weighted by atomic mass is 9.94. The second-order valence-electron chi connectivity index (χ2n) is 11.3. The molecule has 45 heavy (non-hydrogen) atoms. The van der Waals surface area contributed by atoms with E-state index in [0.29, 0.717) is 0 Å². The SMILES string of the molecule is COc1ccnc(C(=O)N[C@H]2COC(=O)[C@H](CCOC(=O)C3CC3)[C@@H](OC(=O)C(C)C)[C@H](C)OC2=O)c1OCOC(=O)C(C)C. The van der Waals surface area contributed by atoms with Gasteiger partial charge in [0, 0.05) is 12.3 Å². The predicted octanol–water partition coefficient (Wildman–Crippen LogP) is 1.74. The van der Waals surface area contributed by atoms with Crippen LogP contribution in [-0.2, 0) is 47.7 Å². The molecule has 2 fully saturated rings. The van der Waals surface area contributed by atoms with Crippen molar-refractivity contribution in [2.75, 3.05) is 27.1 Å². The Labute approximate surface area is 260 Å². The van der Waals surface area contributed by atoms with Gasteiger partial charge in [-0.3, -0.25) is 24.0 Å². The Balaban J connectivity index is 1.79. The number of pyridine rings is 1. The van der Waals surface area contributed by atoms with E-state index in [1.165, 1.54) is 26.3 Å². The summed E-state index contributed by atoms with van der Waals surface area (Å²) >= 11 is 0. The van der Waals surface area contributed by atoms with Crippen molar-refractivity contribution < 1.29 is 61.9 Å². The van der Waals surface area contributed by atoms with Crippen molar-refractivity contribution in [3.8, 4) is 11.5 Å². The Bertz CT molecular complexity index is 1260. The van der Waals surface area contributed by atoms with Gasteiger partial charge >= 0.3 is 29.8 Å². The van der Waals surface area contributed by atoms with E-state index in [0.717, 1.165) is 12.8 Å². The molecule has 2 aliphatic rings. The molecule has 15 heteroatoms. The van der Waals surface area contributed by atoms with Crippen LogP contribution in [0.25, 0.3) is 0 Å². The quantitative estimate of drug-likeness (QED) is 0.187. The van der Waals surface area contributed by atoms with Crippen LogP contribution in [0.15, 0.2) is 12.3 Å². The highest BCUT2D eigenvalue weighted by atomic mass is 16.7. The minimum absolute atomic E-state index is 0.0674. The molecule has 1 saturated carbocycles. The summed E-state index contributed by atoms with van der Waals surface area (Å²) in [6.45, 7) is 6.58. The largest absolute Gasteiger partial charge is 0.493 e. The van der Waals surface area contributed by atoms with E-state index in [-0.39, 0.29) is 42.1 Å². The summed E-state index contributed by atoms with van der Waals surface area (Å²) in [5.74, 6) is -6.67. The number of nitrogens with one attached hydrogen (secondary N) is 1. The number of hydrogen-bond acceptors (Lipinski definition) is 14. The zero-order chi connectivity index (χ0) is 33.3. The van der Waals surface area contributed by atoms with E-state index in [4.69, 9.17) is 33.2 Å². The van der Waals surface area contributed by atoms with E-state index in [2.05, 4.69) is 10.3 Å². The van der Waals surface area contributed by atoms with Gasteiger partial charge in [-0.25, -0.2) is 9.78 Å². The van der Waals surface area contributed by atoms with Crippen LogP contribution in [0, 0.1) is 23.7 Å². The van der Waals surface area contributed by atoms with Gasteiger partial charge in [-0.1, -0.05) is 27.7 Å². The molecule has 0 radical (unpaired) electrons. The minimum atomic E-state index is -1.50. The number of esters is 5. The standard InChI is InChI=1S/C30H40N2O13/c1-15(2)26(34)43-14-42-24-21(39-6)9-11-31-22(24)25(33)32-20-13-41-29(37)19(10-12-40-28(36)18-7-8-18)23(17(5)44-30(20)38)45-27(35)16(3)4/h9,11,15-20,23H,7-8,10,12-14H2,1-6H3,(H,32,33)/t17-,19+,20-,23-/m0/s1. The third-order valence-electron chi connectivity index (χ3n) is 6.93. The van der Waals surface area contributed by atoms with Gasteiger partial charge < -0.3 is 38.5 Å².